The lowest BCUT2D eigenvalue weighted by molar-refractivity contribution is -0.0713. The lowest BCUT2D eigenvalue weighted by atomic mass is 10.0. The number of ether oxygens (including phenoxy) is 1. The zero-order valence-corrected chi connectivity index (χ0v) is 9.86. The van der Waals surface area contributed by atoms with Gasteiger partial charge in [0.05, 0.1) is 11.7 Å². The second-order valence-electron chi connectivity index (χ2n) is 4.37. The van der Waals surface area contributed by atoms with Gasteiger partial charge in [-0.05, 0) is 25.8 Å². The first-order chi connectivity index (χ1) is 7.09. The van der Waals surface area contributed by atoms with Crippen molar-refractivity contribution in [3.8, 4) is 0 Å². The molecule has 1 unspecified atom stereocenters. The minimum atomic E-state index is -0.111. The molecule has 1 aromatic rings. The Labute approximate surface area is 92.4 Å². The molecule has 0 aliphatic rings. The minimum absolute atomic E-state index is 0.00106. The van der Waals surface area contributed by atoms with Crippen molar-refractivity contribution in [2.24, 2.45) is 5.73 Å². The average molecular weight is 207 g/mol. The third kappa shape index (κ3) is 3.65. The van der Waals surface area contributed by atoms with E-state index < -0.39 is 0 Å². The monoisotopic (exact) mass is 207 g/mol. The van der Waals surface area contributed by atoms with Gasteiger partial charge in [0.15, 0.2) is 0 Å². The molecule has 0 aliphatic heterocycles. The molecular formula is C13H21NO. The topological polar surface area (TPSA) is 35.2 Å². The first-order valence-electron chi connectivity index (χ1n) is 5.52. The van der Waals surface area contributed by atoms with Crippen LogP contribution in [0.3, 0.4) is 0 Å². The van der Waals surface area contributed by atoms with Gasteiger partial charge >= 0.3 is 0 Å². The highest BCUT2D eigenvalue weighted by Gasteiger charge is 2.21. The molecule has 1 rings (SSSR count). The van der Waals surface area contributed by atoms with E-state index in [9.17, 15) is 0 Å². The van der Waals surface area contributed by atoms with Crippen LogP contribution in [0.25, 0.3) is 0 Å². The molecule has 0 saturated heterocycles. The highest BCUT2D eigenvalue weighted by atomic mass is 16.5. The van der Waals surface area contributed by atoms with Gasteiger partial charge in [-0.25, -0.2) is 0 Å². The van der Waals surface area contributed by atoms with E-state index in [0.717, 1.165) is 12.0 Å². The van der Waals surface area contributed by atoms with Crippen LogP contribution in [0.4, 0.5) is 0 Å². The van der Waals surface area contributed by atoms with Crippen molar-refractivity contribution in [3.63, 3.8) is 0 Å². The van der Waals surface area contributed by atoms with Gasteiger partial charge in [0, 0.05) is 6.54 Å². The summed E-state index contributed by atoms with van der Waals surface area (Å²) in [7, 11) is 0. The van der Waals surface area contributed by atoms with E-state index in [0.29, 0.717) is 6.54 Å². The van der Waals surface area contributed by atoms with Crippen molar-refractivity contribution in [2.45, 2.75) is 38.9 Å². The van der Waals surface area contributed by atoms with Crippen LogP contribution in [0.15, 0.2) is 30.3 Å². The fraction of sp³-hybridized carbons (Fsp3) is 0.538. The summed E-state index contributed by atoms with van der Waals surface area (Å²) in [6.45, 7) is 6.84. The van der Waals surface area contributed by atoms with E-state index in [1.807, 2.05) is 18.2 Å². The second kappa shape index (κ2) is 5.29. The Kier molecular flexibility index (Phi) is 4.30. The summed E-state index contributed by atoms with van der Waals surface area (Å²) in [5.41, 5.74) is 6.78. The molecule has 1 aromatic carbocycles. The van der Waals surface area contributed by atoms with Crippen LogP contribution in [0.1, 0.15) is 38.9 Å². The molecule has 2 N–H and O–H groups in total. The molecule has 2 heteroatoms. The lowest BCUT2D eigenvalue weighted by Gasteiger charge is -2.29. The summed E-state index contributed by atoms with van der Waals surface area (Å²) in [4.78, 5) is 0. The molecule has 0 saturated carbocycles. The number of rotatable bonds is 5. The summed E-state index contributed by atoms with van der Waals surface area (Å²) < 4.78 is 6.00. The van der Waals surface area contributed by atoms with Crippen LogP contribution in [0.5, 0.6) is 0 Å². The standard InChI is InChI=1S/C13H21NO/c1-4-13(2,3)15-12(10-14)11-8-6-5-7-9-11/h5-9,12H,4,10,14H2,1-3H3. The van der Waals surface area contributed by atoms with Crippen LogP contribution in [-0.2, 0) is 4.74 Å². The van der Waals surface area contributed by atoms with Gasteiger partial charge in [0.1, 0.15) is 0 Å². The zero-order chi connectivity index (χ0) is 11.3. The summed E-state index contributed by atoms with van der Waals surface area (Å²) in [6, 6.07) is 10.1. The van der Waals surface area contributed by atoms with Crippen LogP contribution in [0, 0.1) is 0 Å². The van der Waals surface area contributed by atoms with E-state index in [-0.39, 0.29) is 11.7 Å². The summed E-state index contributed by atoms with van der Waals surface area (Å²) in [5.74, 6) is 0. The Morgan fingerprint density at radius 2 is 1.87 bits per heavy atom. The van der Waals surface area contributed by atoms with Gasteiger partial charge in [-0.3, -0.25) is 0 Å². The lowest BCUT2D eigenvalue weighted by Crippen LogP contribution is -2.29. The molecule has 1 atom stereocenters. The normalized spacial score (nSPS) is 13.9. The van der Waals surface area contributed by atoms with E-state index in [1.54, 1.807) is 0 Å². The van der Waals surface area contributed by atoms with Crippen molar-refractivity contribution in [1.29, 1.82) is 0 Å². The maximum absolute atomic E-state index is 6.00. The predicted molar refractivity (Wildman–Crippen MR) is 63.7 cm³/mol. The predicted octanol–water partition coefficient (Wildman–Crippen LogP) is 2.89. The molecule has 0 fully saturated rings. The van der Waals surface area contributed by atoms with E-state index in [1.165, 1.54) is 0 Å². The van der Waals surface area contributed by atoms with E-state index in [4.69, 9.17) is 10.5 Å². The molecular weight excluding hydrogens is 186 g/mol. The number of benzene rings is 1. The summed E-state index contributed by atoms with van der Waals surface area (Å²) >= 11 is 0. The van der Waals surface area contributed by atoms with Crippen LogP contribution < -0.4 is 5.73 Å². The maximum atomic E-state index is 6.00. The largest absolute Gasteiger partial charge is 0.366 e. The fourth-order valence-corrected chi connectivity index (χ4v) is 1.39. The molecule has 84 valence electrons. The molecule has 0 bridgehead atoms. The van der Waals surface area contributed by atoms with E-state index >= 15 is 0 Å². The van der Waals surface area contributed by atoms with Crippen molar-refractivity contribution in [2.75, 3.05) is 6.54 Å². The Hall–Kier alpha value is -0.860. The van der Waals surface area contributed by atoms with Crippen LogP contribution in [0.2, 0.25) is 0 Å². The first kappa shape index (κ1) is 12.2. The summed E-state index contributed by atoms with van der Waals surface area (Å²) in [6.07, 6.45) is 0.984. The third-order valence-electron chi connectivity index (χ3n) is 2.70. The molecule has 2 nitrogen and oxygen atoms in total. The average Bonchev–Trinajstić information content (AvgIpc) is 2.27. The SMILES string of the molecule is CCC(C)(C)OC(CN)c1ccccc1. The van der Waals surface area contributed by atoms with Gasteiger partial charge < -0.3 is 10.5 Å². The van der Waals surface area contributed by atoms with Crippen LogP contribution in [-0.4, -0.2) is 12.1 Å². The van der Waals surface area contributed by atoms with Crippen molar-refractivity contribution < 1.29 is 4.74 Å². The highest BCUT2D eigenvalue weighted by molar-refractivity contribution is 5.18. The molecule has 0 heterocycles. The maximum Gasteiger partial charge on any atom is 0.0954 e. The van der Waals surface area contributed by atoms with E-state index in [2.05, 4.69) is 32.9 Å². The Morgan fingerprint density at radius 3 is 2.33 bits per heavy atom. The van der Waals surface area contributed by atoms with Crippen molar-refractivity contribution in [3.05, 3.63) is 35.9 Å². The Balaban J connectivity index is 2.73. The first-order valence-corrected chi connectivity index (χ1v) is 5.52. The molecule has 0 aliphatic carbocycles. The molecule has 0 spiro atoms. The summed E-state index contributed by atoms with van der Waals surface area (Å²) in [5, 5.41) is 0. The zero-order valence-electron chi connectivity index (χ0n) is 9.86. The quantitative estimate of drug-likeness (QED) is 0.805. The Morgan fingerprint density at radius 1 is 1.27 bits per heavy atom. The van der Waals surface area contributed by atoms with Crippen molar-refractivity contribution >= 4 is 0 Å². The number of nitrogens with two attached hydrogens (primary N) is 1. The van der Waals surface area contributed by atoms with Crippen molar-refractivity contribution in [1.82, 2.24) is 0 Å². The van der Waals surface area contributed by atoms with Gasteiger partial charge in [-0.2, -0.15) is 0 Å². The molecule has 0 aromatic heterocycles. The van der Waals surface area contributed by atoms with Gasteiger partial charge in [-0.1, -0.05) is 37.3 Å². The molecule has 0 radical (unpaired) electrons. The minimum Gasteiger partial charge on any atom is -0.366 e. The van der Waals surface area contributed by atoms with Crippen LogP contribution >= 0.6 is 0 Å². The number of hydrogen-bond donors (Lipinski definition) is 1. The highest BCUT2D eigenvalue weighted by Crippen LogP contribution is 2.25. The van der Waals surface area contributed by atoms with Gasteiger partial charge in [-0.15, -0.1) is 0 Å². The van der Waals surface area contributed by atoms with Gasteiger partial charge in [0.2, 0.25) is 0 Å². The Bertz CT molecular complexity index is 282. The fourth-order valence-electron chi connectivity index (χ4n) is 1.39. The molecule has 0 amide bonds. The second-order valence-corrected chi connectivity index (χ2v) is 4.37. The molecule has 15 heavy (non-hydrogen) atoms. The van der Waals surface area contributed by atoms with Gasteiger partial charge in [0.25, 0.3) is 0 Å². The third-order valence-corrected chi connectivity index (χ3v) is 2.70. The number of hydrogen-bond acceptors (Lipinski definition) is 2. The smallest absolute Gasteiger partial charge is 0.0954 e.